The number of rotatable bonds is 4. The molecule has 1 saturated carbocycles. The highest BCUT2D eigenvalue weighted by atomic mass is 32.1. The summed E-state index contributed by atoms with van der Waals surface area (Å²) in [7, 11) is 0. The number of furan rings is 1. The minimum atomic E-state index is -0.0127. The van der Waals surface area contributed by atoms with Gasteiger partial charge in [-0.15, -0.1) is 0 Å². The lowest BCUT2D eigenvalue weighted by molar-refractivity contribution is -0.130. The first-order valence-electron chi connectivity index (χ1n) is 9.12. The van der Waals surface area contributed by atoms with Crippen LogP contribution in [0.15, 0.2) is 33.6 Å². The maximum Gasteiger partial charge on any atom is 0.289 e. The molecule has 6 heteroatoms. The van der Waals surface area contributed by atoms with E-state index in [1.165, 1.54) is 5.56 Å². The van der Waals surface area contributed by atoms with E-state index in [-0.39, 0.29) is 17.2 Å². The second-order valence-corrected chi connectivity index (χ2v) is 8.37. The van der Waals surface area contributed by atoms with Crippen molar-refractivity contribution in [3.05, 3.63) is 46.0 Å². The number of amides is 2. The summed E-state index contributed by atoms with van der Waals surface area (Å²) in [5, 5.41) is 4.16. The fourth-order valence-corrected chi connectivity index (χ4v) is 4.87. The summed E-state index contributed by atoms with van der Waals surface area (Å²) in [6, 6.07) is 4.22. The maximum atomic E-state index is 12.6. The minimum Gasteiger partial charge on any atom is -0.459 e. The Hall–Kier alpha value is -2.08. The van der Waals surface area contributed by atoms with Crippen LogP contribution in [0.2, 0.25) is 0 Å². The van der Waals surface area contributed by atoms with Crippen LogP contribution < -0.4 is 0 Å². The van der Waals surface area contributed by atoms with Gasteiger partial charge in [-0.1, -0.05) is 0 Å². The van der Waals surface area contributed by atoms with Crippen molar-refractivity contribution in [2.45, 2.75) is 45.7 Å². The Morgan fingerprint density at radius 1 is 1.35 bits per heavy atom. The first-order chi connectivity index (χ1) is 12.5. The van der Waals surface area contributed by atoms with E-state index < -0.39 is 0 Å². The van der Waals surface area contributed by atoms with Crippen LogP contribution in [0.3, 0.4) is 0 Å². The summed E-state index contributed by atoms with van der Waals surface area (Å²) in [4.78, 5) is 28.7. The predicted molar refractivity (Wildman–Crippen MR) is 100.0 cm³/mol. The standard InChI is InChI=1S/C20H24N2O3S/c1-14-3-9-25-18(14)19(24)21-7-5-20(6-8-21)11-17(20)22(15(2)23)12-16-4-10-26-13-16/h3-4,9-10,13,17H,5-8,11-12H2,1-2H3. The van der Waals surface area contributed by atoms with Crippen LogP contribution in [0.4, 0.5) is 0 Å². The molecule has 0 bridgehead atoms. The van der Waals surface area contributed by atoms with Crippen molar-refractivity contribution in [1.82, 2.24) is 9.80 Å². The van der Waals surface area contributed by atoms with Gasteiger partial charge in [-0.2, -0.15) is 11.3 Å². The summed E-state index contributed by atoms with van der Waals surface area (Å²) in [5.74, 6) is 0.583. The zero-order valence-corrected chi connectivity index (χ0v) is 16.1. The van der Waals surface area contributed by atoms with Gasteiger partial charge in [-0.05, 0) is 60.1 Å². The third kappa shape index (κ3) is 3.07. The van der Waals surface area contributed by atoms with Crippen LogP contribution in [0.25, 0.3) is 0 Å². The average Bonchev–Trinajstić information content (AvgIpc) is 2.98. The van der Waals surface area contributed by atoms with Crippen molar-refractivity contribution >= 4 is 23.2 Å². The molecule has 2 aromatic heterocycles. The largest absolute Gasteiger partial charge is 0.459 e. The molecule has 138 valence electrons. The Bertz CT molecular complexity index is 803. The van der Waals surface area contributed by atoms with E-state index in [0.717, 1.165) is 37.9 Å². The number of carbonyl (C=O) groups is 2. The molecule has 2 aromatic rings. The number of hydrogen-bond acceptors (Lipinski definition) is 4. The Morgan fingerprint density at radius 2 is 2.12 bits per heavy atom. The number of likely N-dealkylation sites (tertiary alicyclic amines) is 1. The van der Waals surface area contributed by atoms with Crippen LogP contribution in [0, 0.1) is 12.3 Å². The smallest absolute Gasteiger partial charge is 0.289 e. The van der Waals surface area contributed by atoms with E-state index in [0.29, 0.717) is 18.3 Å². The number of aryl methyl sites for hydroxylation is 1. The lowest BCUT2D eigenvalue weighted by Crippen LogP contribution is -2.42. The van der Waals surface area contributed by atoms with Gasteiger partial charge >= 0.3 is 0 Å². The molecule has 4 rings (SSSR count). The van der Waals surface area contributed by atoms with Crippen molar-refractivity contribution in [3.8, 4) is 0 Å². The highest BCUT2D eigenvalue weighted by molar-refractivity contribution is 7.07. The molecular formula is C20H24N2O3S. The zero-order chi connectivity index (χ0) is 18.3. The predicted octanol–water partition coefficient (Wildman–Crippen LogP) is 3.69. The summed E-state index contributed by atoms with van der Waals surface area (Å²) in [6.07, 6.45) is 4.53. The van der Waals surface area contributed by atoms with E-state index in [1.807, 2.05) is 22.8 Å². The lowest BCUT2D eigenvalue weighted by atomic mass is 9.92. The lowest BCUT2D eigenvalue weighted by Gasteiger charge is -2.34. The van der Waals surface area contributed by atoms with Gasteiger partial charge < -0.3 is 14.2 Å². The molecule has 1 aliphatic heterocycles. The second-order valence-electron chi connectivity index (χ2n) is 7.59. The van der Waals surface area contributed by atoms with Crippen LogP contribution in [0.5, 0.6) is 0 Å². The molecule has 1 aliphatic carbocycles. The molecule has 0 radical (unpaired) electrons. The fraction of sp³-hybridized carbons (Fsp3) is 0.500. The first-order valence-corrected chi connectivity index (χ1v) is 10.1. The van der Waals surface area contributed by atoms with E-state index in [1.54, 1.807) is 24.5 Å². The minimum absolute atomic E-state index is 0.0127. The molecule has 3 heterocycles. The fourth-order valence-electron chi connectivity index (χ4n) is 4.22. The van der Waals surface area contributed by atoms with E-state index in [9.17, 15) is 9.59 Å². The third-order valence-corrected chi connectivity index (χ3v) is 6.70. The zero-order valence-electron chi connectivity index (χ0n) is 15.2. The van der Waals surface area contributed by atoms with Crippen molar-refractivity contribution in [1.29, 1.82) is 0 Å². The Labute approximate surface area is 157 Å². The first kappa shape index (κ1) is 17.3. The average molecular weight is 372 g/mol. The van der Waals surface area contributed by atoms with E-state index in [4.69, 9.17) is 4.42 Å². The Balaban J connectivity index is 1.39. The monoisotopic (exact) mass is 372 g/mol. The molecule has 0 aromatic carbocycles. The van der Waals surface area contributed by atoms with E-state index in [2.05, 4.69) is 16.8 Å². The van der Waals surface area contributed by atoms with E-state index >= 15 is 0 Å². The molecule has 1 spiro atoms. The Morgan fingerprint density at radius 3 is 2.69 bits per heavy atom. The SMILES string of the molecule is CC(=O)N(Cc1ccsc1)C1CC12CCN(C(=O)c1occc1C)CC2. The quantitative estimate of drug-likeness (QED) is 0.822. The van der Waals surface area contributed by atoms with Crippen molar-refractivity contribution in [2.75, 3.05) is 13.1 Å². The third-order valence-electron chi connectivity index (χ3n) is 5.96. The molecule has 5 nitrogen and oxygen atoms in total. The Kier molecular flexibility index (Phi) is 4.39. The van der Waals surface area contributed by atoms with Gasteiger partial charge in [-0.25, -0.2) is 0 Å². The molecular weight excluding hydrogens is 348 g/mol. The van der Waals surface area contributed by atoms with Gasteiger partial charge in [0.1, 0.15) is 0 Å². The van der Waals surface area contributed by atoms with Crippen LogP contribution >= 0.6 is 11.3 Å². The van der Waals surface area contributed by atoms with Crippen molar-refractivity contribution < 1.29 is 14.0 Å². The number of carbonyl (C=O) groups excluding carboxylic acids is 2. The van der Waals surface area contributed by atoms with Gasteiger partial charge in [0.15, 0.2) is 5.76 Å². The molecule has 1 saturated heterocycles. The van der Waals surface area contributed by atoms with Crippen molar-refractivity contribution in [3.63, 3.8) is 0 Å². The maximum absolute atomic E-state index is 12.6. The highest BCUT2D eigenvalue weighted by Gasteiger charge is 2.58. The van der Waals surface area contributed by atoms with Gasteiger partial charge in [0.2, 0.25) is 5.91 Å². The number of piperidine rings is 1. The molecule has 1 unspecified atom stereocenters. The summed E-state index contributed by atoms with van der Waals surface area (Å²) in [5.41, 5.74) is 2.28. The molecule has 0 N–H and O–H groups in total. The van der Waals surface area contributed by atoms with Gasteiger partial charge in [0.25, 0.3) is 5.91 Å². The molecule has 2 amide bonds. The second kappa shape index (κ2) is 6.58. The summed E-state index contributed by atoms with van der Waals surface area (Å²) in [6.45, 7) is 5.73. The summed E-state index contributed by atoms with van der Waals surface area (Å²) < 4.78 is 5.35. The molecule has 2 fully saturated rings. The van der Waals surface area contributed by atoms with Crippen LogP contribution in [-0.4, -0.2) is 40.7 Å². The van der Waals surface area contributed by atoms with Gasteiger partial charge in [-0.3, -0.25) is 9.59 Å². The van der Waals surface area contributed by atoms with Crippen molar-refractivity contribution in [2.24, 2.45) is 5.41 Å². The van der Waals surface area contributed by atoms with Crippen LogP contribution in [-0.2, 0) is 11.3 Å². The van der Waals surface area contributed by atoms with Crippen LogP contribution in [0.1, 0.15) is 47.9 Å². The number of nitrogens with zero attached hydrogens (tertiary/aromatic N) is 2. The normalized spacial score (nSPS) is 21.0. The highest BCUT2D eigenvalue weighted by Crippen LogP contribution is 2.57. The topological polar surface area (TPSA) is 53.8 Å². The van der Waals surface area contributed by atoms with Gasteiger partial charge in [0, 0.05) is 38.2 Å². The summed E-state index contributed by atoms with van der Waals surface area (Å²) >= 11 is 1.66. The number of thiophene rings is 1. The van der Waals surface area contributed by atoms with Gasteiger partial charge in [0.05, 0.1) is 6.26 Å². The molecule has 1 atom stereocenters. The molecule has 26 heavy (non-hydrogen) atoms. The molecule has 2 aliphatic rings. The number of hydrogen-bond donors (Lipinski definition) is 0.